The number of nitrogens with one attached hydrogen (secondary N) is 2. The van der Waals surface area contributed by atoms with Crippen LogP contribution in [0.2, 0.25) is 0 Å². The predicted octanol–water partition coefficient (Wildman–Crippen LogP) is 1.42. The minimum absolute atomic E-state index is 0.174. The molecule has 0 aromatic carbocycles. The fourth-order valence-electron chi connectivity index (χ4n) is 2.25. The van der Waals surface area contributed by atoms with Gasteiger partial charge in [-0.25, -0.2) is 4.98 Å². The number of carbonyl (C=O) groups is 1. The zero-order valence-corrected chi connectivity index (χ0v) is 10.0. The van der Waals surface area contributed by atoms with E-state index in [1.54, 1.807) is 6.92 Å². The molecule has 1 unspecified atom stereocenters. The molecule has 1 aliphatic rings. The number of hydrogen-bond donors (Lipinski definition) is 2. The predicted molar refractivity (Wildman–Crippen MR) is 60.0 cm³/mol. The summed E-state index contributed by atoms with van der Waals surface area (Å²) in [4.78, 5) is 15.8. The van der Waals surface area contributed by atoms with Crippen LogP contribution in [-0.2, 0) is 0 Å². The van der Waals surface area contributed by atoms with Gasteiger partial charge in [0, 0.05) is 6.04 Å². The van der Waals surface area contributed by atoms with Crippen molar-refractivity contribution in [3.63, 3.8) is 0 Å². The van der Waals surface area contributed by atoms with Gasteiger partial charge in [-0.15, -0.1) is 5.10 Å². The molecule has 2 N–H and O–H groups in total. The van der Waals surface area contributed by atoms with Crippen molar-refractivity contribution in [2.45, 2.75) is 46.1 Å². The van der Waals surface area contributed by atoms with Crippen molar-refractivity contribution in [3.05, 3.63) is 11.6 Å². The molecule has 1 fully saturated rings. The molecule has 16 heavy (non-hydrogen) atoms. The minimum Gasteiger partial charge on any atom is -0.347 e. The van der Waals surface area contributed by atoms with Gasteiger partial charge in [0.05, 0.1) is 0 Å². The van der Waals surface area contributed by atoms with Crippen LogP contribution in [0.3, 0.4) is 0 Å². The van der Waals surface area contributed by atoms with Gasteiger partial charge in [-0.05, 0) is 31.6 Å². The Morgan fingerprint density at radius 1 is 1.56 bits per heavy atom. The van der Waals surface area contributed by atoms with Crippen molar-refractivity contribution < 1.29 is 4.79 Å². The van der Waals surface area contributed by atoms with Gasteiger partial charge in [0.2, 0.25) is 5.82 Å². The second kappa shape index (κ2) is 3.88. The highest BCUT2D eigenvalue weighted by Gasteiger charge is 2.32. The molecule has 1 heterocycles. The van der Waals surface area contributed by atoms with Crippen LogP contribution in [0.15, 0.2) is 0 Å². The van der Waals surface area contributed by atoms with E-state index in [9.17, 15) is 4.79 Å². The Labute approximate surface area is 95.0 Å². The number of carbonyl (C=O) groups excluding carboxylic acids is 1. The van der Waals surface area contributed by atoms with E-state index in [-0.39, 0.29) is 17.8 Å². The number of amides is 1. The number of aromatic nitrogens is 3. The zero-order chi connectivity index (χ0) is 11.8. The number of H-pyrrole nitrogens is 1. The highest BCUT2D eigenvalue weighted by atomic mass is 16.2. The number of rotatable bonds is 2. The first-order chi connectivity index (χ1) is 7.46. The Balaban J connectivity index is 1.94. The van der Waals surface area contributed by atoms with E-state index in [0.29, 0.717) is 11.2 Å². The van der Waals surface area contributed by atoms with Crippen LogP contribution in [0.5, 0.6) is 0 Å². The van der Waals surface area contributed by atoms with Crippen molar-refractivity contribution in [2.24, 2.45) is 5.41 Å². The smallest absolute Gasteiger partial charge is 0.291 e. The van der Waals surface area contributed by atoms with Gasteiger partial charge < -0.3 is 5.32 Å². The Hall–Kier alpha value is -1.39. The van der Waals surface area contributed by atoms with Crippen LogP contribution in [0.4, 0.5) is 0 Å². The summed E-state index contributed by atoms with van der Waals surface area (Å²) in [6.07, 6.45) is 3.23. The molecular formula is C11H18N4O. The van der Waals surface area contributed by atoms with Gasteiger partial charge in [-0.1, -0.05) is 13.8 Å². The lowest BCUT2D eigenvalue weighted by atomic mass is 9.92. The number of nitrogens with zero attached hydrogens (tertiary/aromatic N) is 2. The molecule has 5 nitrogen and oxygen atoms in total. The standard InChI is InChI=1S/C11H18N4O/c1-7-12-9(15-14-7)10(16)13-8-4-5-11(2,3)6-8/h8H,4-6H2,1-3H3,(H,13,16)(H,12,14,15). The summed E-state index contributed by atoms with van der Waals surface area (Å²) >= 11 is 0. The SMILES string of the molecule is Cc1nc(C(=O)NC2CCC(C)(C)C2)n[nH]1. The highest BCUT2D eigenvalue weighted by molar-refractivity contribution is 5.90. The van der Waals surface area contributed by atoms with Gasteiger partial charge in [-0.3, -0.25) is 9.89 Å². The quantitative estimate of drug-likeness (QED) is 0.795. The van der Waals surface area contributed by atoms with E-state index in [1.807, 2.05) is 0 Å². The van der Waals surface area contributed by atoms with Crippen molar-refractivity contribution in [2.75, 3.05) is 0 Å². The van der Waals surface area contributed by atoms with E-state index >= 15 is 0 Å². The van der Waals surface area contributed by atoms with Crippen LogP contribution in [0, 0.1) is 12.3 Å². The van der Waals surface area contributed by atoms with Crippen molar-refractivity contribution in [3.8, 4) is 0 Å². The lowest BCUT2D eigenvalue weighted by Crippen LogP contribution is -2.34. The Bertz CT molecular complexity index is 396. The monoisotopic (exact) mass is 222 g/mol. The Kier molecular flexibility index (Phi) is 2.69. The molecule has 1 aliphatic carbocycles. The first-order valence-corrected chi connectivity index (χ1v) is 5.66. The molecule has 1 amide bonds. The molecule has 0 bridgehead atoms. The minimum atomic E-state index is -0.174. The van der Waals surface area contributed by atoms with Gasteiger partial charge in [-0.2, -0.15) is 0 Å². The molecule has 1 aromatic rings. The third-order valence-corrected chi connectivity index (χ3v) is 3.10. The molecule has 5 heteroatoms. The third kappa shape index (κ3) is 2.40. The van der Waals surface area contributed by atoms with Gasteiger partial charge in [0.25, 0.3) is 5.91 Å². The van der Waals surface area contributed by atoms with Gasteiger partial charge in [0.1, 0.15) is 5.82 Å². The molecule has 0 aliphatic heterocycles. The molecule has 1 aromatic heterocycles. The molecule has 0 radical (unpaired) electrons. The van der Waals surface area contributed by atoms with Crippen molar-refractivity contribution in [1.82, 2.24) is 20.5 Å². The molecule has 0 saturated heterocycles. The fourth-order valence-corrected chi connectivity index (χ4v) is 2.25. The van der Waals surface area contributed by atoms with Gasteiger partial charge in [0.15, 0.2) is 0 Å². The second-order valence-corrected chi connectivity index (χ2v) is 5.32. The lowest BCUT2D eigenvalue weighted by molar-refractivity contribution is 0.0926. The summed E-state index contributed by atoms with van der Waals surface area (Å²) in [5, 5.41) is 9.49. The lowest BCUT2D eigenvalue weighted by Gasteiger charge is -2.17. The third-order valence-electron chi connectivity index (χ3n) is 3.10. The van der Waals surface area contributed by atoms with E-state index in [2.05, 4.69) is 34.3 Å². The Morgan fingerprint density at radius 2 is 2.31 bits per heavy atom. The molecule has 88 valence electrons. The first-order valence-electron chi connectivity index (χ1n) is 5.66. The molecule has 0 spiro atoms. The Morgan fingerprint density at radius 3 is 2.81 bits per heavy atom. The highest BCUT2D eigenvalue weighted by Crippen LogP contribution is 2.36. The molecule has 1 atom stereocenters. The summed E-state index contributed by atoms with van der Waals surface area (Å²) < 4.78 is 0. The summed E-state index contributed by atoms with van der Waals surface area (Å²) in [6.45, 7) is 6.24. The van der Waals surface area contributed by atoms with Crippen molar-refractivity contribution >= 4 is 5.91 Å². The maximum atomic E-state index is 11.8. The van der Waals surface area contributed by atoms with E-state index in [1.165, 1.54) is 0 Å². The summed E-state index contributed by atoms with van der Waals surface area (Å²) in [5.41, 5.74) is 0.340. The van der Waals surface area contributed by atoms with Crippen molar-refractivity contribution in [1.29, 1.82) is 0 Å². The summed E-state index contributed by atoms with van der Waals surface area (Å²) in [7, 11) is 0. The van der Waals surface area contributed by atoms with E-state index in [4.69, 9.17) is 0 Å². The first kappa shape index (κ1) is 11.1. The largest absolute Gasteiger partial charge is 0.347 e. The number of aromatic amines is 1. The maximum absolute atomic E-state index is 11.8. The van der Waals surface area contributed by atoms with Crippen LogP contribution in [0.25, 0.3) is 0 Å². The number of aryl methyl sites for hydroxylation is 1. The molecule has 1 saturated carbocycles. The van der Waals surface area contributed by atoms with Crippen LogP contribution >= 0.6 is 0 Å². The topological polar surface area (TPSA) is 70.7 Å². The molecular weight excluding hydrogens is 204 g/mol. The fraction of sp³-hybridized carbons (Fsp3) is 0.727. The second-order valence-electron chi connectivity index (χ2n) is 5.32. The van der Waals surface area contributed by atoms with E-state index < -0.39 is 0 Å². The van der Waals surface area contributed by atoms with Crippen LogP contribution in [-0.4, -0.2) is 27.1 Å². The maximum Gasteiger partial charge on any atom is 0.291 e. The van der Waals surface area contributed by atoms with Crippen LogP contribution in [0.1, 0.15) is 49.6 Å². The van der Waals surface area contributed by atoms with Gasteiger partial charge >= 0.3 is 0 Å². The van der Waals surface area contributed by atoms with E-state index in [0.717, 1.165) is 19.3 Å². The van der Waals surface area contributed by atoms with Crippen LogP contribution < -0.4 is 5.32 Å². The summed E-state index contributed by atoms with van der Waals surface area (Å²) in [5.74, 6) is 0.728. The molecule has 2 rings (SSSR count). The zero-order valence-electron chi connectivity index (χ0n) is 10.0. The number of hydrogen-bond acceptors (Lipinski definition) is 3. The average molecular weight is 222 g/mol. The normalized spacial score (nSPS) is 23.3. The average Bonchev–Trinajstić information content (AvgIpc) is 2.73. The summed E-state index contributed by atoms with van der Waals surface area (Å²) in [6, 6.07) is 0.265.